The van der Waals surface area contributed by atoms with Gasteiger partial charge in [-0.25, -0.2) is 4.98 Å². The van der Waals surface area contributed by atoms with Crippen LogP contribution >= 0.6 is 11.8 Å². The number of amides is 1. The van der Waals surface area contributed by atoms with Crippen molar-refractivity contribution >= 4 is 17.7 Å². The normalized spacial score (nSPS) is 11.9. The lowest BCUT2D eigenvalue weighted by molar-refractivity contribution is -0.120. The minimum Gasteiger partial charge on any atom is -0.351 e. The van der Waals surface area contributed by atoms with Gasteiger partial charge in [-0.2, -0.15) is 0 Å². The molecule has 0 bridgehead atoms. The predicted octanol–water partition coefficient (Wildman–Crippen LogP) is 3.83. The molecule has 0 aliphatic rings. The van der Waals surface area contributed by atoms with E-state index < -0.39 is 0 Å². The number of nitrogens with zero attached hydrogens (tertiary/aromatic N) is 2. The van der Waals surface area contributed by atoms with Gasteiger partial charge in [0.2, 0.25) is 11.1 Å². The summed E-state index contributed by atoms with van der Waals surface area (Å²) in [4.78, 5) is 16.8. The van der Waals surface area contributed by atoms with Crippen LogP contribution in [0.1, 0.15) is 25.0 Å². The van der Waals surface area contributed by atoms with Crippen molar-refractivity contribution in [3.63, 3.8) is 0 Å². The Morgan fingerprint density at radius 1 is 1.12 bits per heavy atom. The van der Waals surface area contributed by atoms with Gasteiger partial charge in [0.05, 0.1) is 5.25 Å². The number of hydrogen-bond donors (Lipinski definition) is 2. The monoisotopic (exact) mass is 366 g/mol. The number of carbonyl (C=O) groups excluding carboxylic acids is 1. The summed E-state index contributed by atoms with van der Waals surface area (Å²) in [6, 6.07) is 18.1. The van der Waals surface area contributed by atoms with Crippen LogP contribution in [0, 0.1) is 0 Å². The molecule has 0 fully saturated rings. The van der Waals surface area contributed by atoms with Gasteiger partial charge in [-0.1, -0.05) is 73.3 Å². The number of nitrogens with one attached hydrogen (secondary N) is 2. The molecule has 5 nitrogen and oxygen atoms in total. The molecule has 0 saturated carbocycles. The lowest BCUT2D eigenvalue weighted by Crippen LogP contribution is -2.30. The molecule has 0 aliphatic heterocycles. The van der Waals surface area contributed by atoms with E-state index in [1.807, 2.05) is 49.4 Å². The maximum absolute atomic E-state index is 12.3. The zero-order chi connectivity index (χ0) is 18.4. The maximum Gasteiger partial charge on any atom is 0.233 e. The first-order chi connectivity index (χ1) is 12.7. The van der Waals surface area contributed by atoms with Crippen LogP contribution < -0.4 is 5.32 Å². The van der Waals surface area contributed by atoms with Crippen LogP contribution in [0.15, 0.2) is 59.8 Å². The van der Waals surface area contributed by atoms with E-state index in [1.165, 1.54) is 17.3 Å². The minimum atomic E-state index is -0.273. The molecule has 0 radical (unpaired) electrons. The molecule has 26 heavy (non-hydrogen) atoms. The first-order valence-corrected chi connectivity index (χ1v) is 9.53. The van der Waals surface area contributed by atoms with E-state index >= 15 is 0 Å². The molecule has 134 valence electrons. The highest BCUT2D eigenvalue weighted by Crippen LogP contribution is 2.23. The van der Waals surface area contributed by atoms with Crippen LogP contribution in [-0.2, 0) is 17.8 Å². The summed E-state index contributed by atoms with van der Waals surface area (Å²) in [5.74, 6) is 0.685. The zero-order valence-electron chi connectivity index (χ0n) is 14.9. The number of H-pyrrole nitrogens is 1. The van der Waals surface area contributed by atoms with Gasteiger partial charge >= 0.3 is 0 Å². The molecule has 1 amide bonds. The van der Waals surface area contributed by atoms with E-state index in [1.54, 1.807) is 0 Å². The molecular formula is C20H22N4OS. The zero-order valence-corrected chi connectivity index (χ0v) is 15.7. The Morgan fingerprint density at radius 2 is 1.85 bits per heavy atom. The second-order valence-electron chi connectivity index (χ2n) is 5.98. The number of rotatable bonds is 7. The summed E-state index contributed by atoms with van der Waals surface area (Å²) < 4.78 is 0. The number of thioether (sulfide) groups is 1. The predicted molar refractivity (Wildman–Crippen MR) is 105 cm³/mol. The Labute approximate surface area is 157 Å². The van der Waals surface area contributed by atoms with Crippen molar-refractivity contribution < 1.29 is 4.79 Å². The van der Waals surface area contributed by atoms with Crippen molar-refractivity contribution in [1.29, 1.82) is 0 Å². The average molecular weight is 366 g/mol. The third kappa shape index (κ3) is 4.73. The molecule has 0 unspecified atom stereocenters. The van der Waals surface area contributed by atoms with E-state index in [0.29, 0.717) is 17.5 Å². The molecule has 2 aromatic carbocycles. The van der Waals surface area contributed by atoms with Gasteiger partial charge in [-0.3, -0.25) is 9.89 Å². The molecule has 2 N–H and O–H groups in total. The van der Waals surface area contributed by atoms with Gasteiger partial charge in [0, 0.05) is 12.1 Å². The van der Waals surface area contributed by atoms with E-state index in [-0.39, 0.29) is 11.2 Å². The summed E-state index contributed by atoms with van der Waals surface area (Å²) >= 11 is 1.34. The average Bonchev–Trinajstić information content (AvgIpc) is 3.15. The van der Waals surface area contributed by atoms with Crippen molar-refractivity contribution in [2.24, 2.45) is 0 Å². The van der Waals surface area contributed by atoms with E-state index in [4.69, 9.17) is 0 Å². The SMILES string of the molecule is CCc1ccc(-c2nc(S[C@@H](C)C(=O)NCc3ccccc3)n[nH]2)cc1. The highest BCUT2D eigenvalue weighted by Gasteiger charge is 2.17. The molecular weight excluding hydrogens is 344 g/mol. The van der Waals surface area contributed by atoms with E-state index in [2.05, 4.69) is 39.6 Å². The fourth-order valence-electron chi connectivity index (χ4n) is 2.47. The fraction of sp³-hybridized carbons (Fsp3) is 0.250. The van der Waals surface area contributed by atoms with Crippen LogP contribution in [0.4, 0.5) is 0 Å². The number of aromatic nitrogens is 3. The maximum atomic E-state index is 12.3. The molecule has 0 saturated heterocycles. The Morgan fingerprint density at radius 3 is 2.54 bits per heavy atom. The van der Waals surface area contributed by atoms with Crippen molar-refractivity contribution in [3.05, 3.63) is 65.7 Å². The summed E-state index contributed by atoms with van der Waals surface area (Å²) in [5.41, 5.74) is 3.35. The summed E-state index contributed by atoms with van der Waals surface area (Å²) in [5, 5.41) is 10.4. The number of carbonyl (C=O) groups is 1. The van der Waals surface area contributed by atoms with Crippen LogP contribution in [0.25, 0.3) is 11.4 Å². The minimum absolute atomic E-state index is 0.0301. The molecule has 1 heterocycles. The van der Waals surface area contributed by atoms with Gasteiger partial charge < -0.3 is 5.32 Å². The van der Waals surface area contributed by atoms with Gasteiger partial charge in [0.25, 0.3) is 0 Å². The van der Waals surface area contributed by atoms with Crippen LogP contribution in [0.3, 0.4) is 0 Å². The summed E-state index contributed by atoms with van der Waals surface area (Å²) in [7, 11) is 0. The van der Waals surface area contributed by atoms with Crippen LogP contribution in [0.5, 0.6) is 0 Å². The third-order valence-corrected chi connectivity index (χ3v) is 5.02. The van der Waals surface area contributed by atoms with Crippen molar-refractivity contribution in [2.45, 2.75) is 37.2 Å². The molecule has 1 aromatic heterocycles. The standard InChI is InChI=1S/C20H22N4OS/c1-3-15-9-11-17(12-10-15)18-22-20(24-23-18)26-14(2)19(25)21-13-16-7-5-4-6-8-16/h4-12,14H,3,13H2,1-2H3,(H,21,25)(H,22,23,24)/t14-/m0/s1. The van der Waals surface area contributed by atoms with Gasteiger partial charge in [-0.15, -0.1) is 5.10 Å². The van der Waals surface area contributed by atoms with Crippen LogP contribution in [-0.4, -0.2) is 26.3 Å². The highest BCUT2D eigenvalue weighted by atomic mass is 32.2. The topological polar surface area (TPSA) is 70.7 Å². The van der Waals surface area contributed by atoms with Gasteiger partial charge in [0.15, 0.2) is 5.82 Å². The molecule has 6 heteroatoms. The van der Waals surface area contributed by atoms with Gasteiger partial charge in [-0.05, 0) is 24.5 Å². The molecule has 0 aliphatic carbocycles. The molecule has 3 rings (SSSR count). The lowest BCUT2D eigenvalue weighted by atomic mass is 10.1. The first-order valence-electron chi connectivity index (χ1n) is 8.65. The second-order valence-corrected chi connectivity index (χ2v) is 7.29. The Hall–Kier alpha value is -2.60. The summed E-state index contributed by atoms with van der Waals surface area (Å²) in [6.45, 7) is 4.51. The van der Waals surface area contributed by atoms with E-state index in [0.717, 1.165) is 17.5 Å². The fourth-order valence-corrected chi connectivity index (χ4v) is 3.22. The highest BCUT2D eigenvalue weighted by molar-refractivity contribution is 8.00. The van der Waals surface area contributed by atoms with Crippen molar-refractivity contribution in [1.82, 2.24) is 20.5 Å². The molecule has 3 aromatic rings. The number of hydrogen-bond acceptors (Lipinski definition) is 4. The second kappa shape index (κ2) is 8.67. The Bertz CT molecular complexity index is 846. The van der Waals surface area contributed by atoms with Crippen molar-refractivity contribution in [2.75, 3.05) is 0 Å². The van der Waals surface area contributed by atoms with Gasteiger partial charge in [0.1, 0.15) is 0 Å². The lowest BCUT2D eigenvalue weighted by Gasteiger charge is -2.10. The Balaban J connectivity index is 1.56. The third-order valence-electron chi connectivity index (χ3n) is 4.06. The largest absolute Gasteiger partial charge is 0.351 e. The number of aryl methyl sites for hydroxylation is 1. The quantitative estimate of drug-likeness (QED) is 0.624. The van der Waals surface area contributed by atoms with Crippen LogP contribution in [0.2, 0.25) is 0 Å². The first kappa shape index (κ1) is 18.2. The number of aromatic amines is 1. The van der Waals surface area contributed by atoms with Crippen molar-refractivity contribution in [3.8, 4) is 11.4 Å². The molecule has 0 spiro atoms. The smallest absolute Gasteiger partial charge is 0.233 e. The summed E-state index contributed by atoms with van der Waals surface area (Å²) in [6.07, 6.45) is 1.01. The van der Waals surface area contributed by atoms with E-state index in [9.17, 15) is 4.79 Å². The number of benzene rings is 2. The molecule has 1 atom stereocenters. The Kier molecular flexibility index (Phi) is 6.07.